The second kappa shape index (κ2) is 6.83. The number of fused-ring (bicyclic) bond motifs is 1. The van der Waals surface area contributed by atoms with Crippen LogP contribution >= 0.6 is 11.8 Å². The molecule has 118 valence electrons. The molecule has 2 aromatic carbocycles. The van der Waals surface area contributed by atoms with Crippen LogP contribution in [0.4, 0.5) is 10.1 Å². The number of carbonyl (C=O) groups is 1. The van der Waals surface area contributed by atoms with E-state index in [-0.39, 0.29) is 17.5 Å². The van der Waals surface area contributed by atoms with Gasteiger partial charge in [0.25, 0.3) is 0 Å². The predicted molar refractivity (Wildman–Crippen MR) is 91.2 cm³/mol. The highest BCUT2D eigenvalue weighted by atomic mass is 32.2. The molecule has 1 N–H and O–H groups in total. The lowest BCUT2D eigenvalue weighted by molar-refractivity contribution is -0.113. The Bertz CT molecular complexity index is 829. The number of rotatable bonds is 5. The molecule has 0 fully saturated rings. The van der Waals surface area contributed by atoms with Crippen molar-refractivity contribution in [1.29, 1.82) is 0 Å². The number of thioether (sulfide) groups is 1. The van der Waals surface area contributed by atoms with E-state index in [0.29, 0.717) is 5.69 Å². The molecule has 1 heterocycles. The summed E-state index contributed by atoms with van der Waals surface area (Å²) in [5, 5.41) is 3.57. The molecular formula is C17H16FN3OS. The topological polar surface area (TPSA) is 46.9 Å². The number of para-hydroxylation sites is 2. The lowest BCUT2D eigenvalue weighted by atomic mass is 10.3. The van der Waals surface area contributed by atoms with Crippen molar-refractivity contribution in [2.45, 2.75) is 18.6 Å². The van der Waals surface area contributed by atoms with E-state index in [1.165, 1.54) is 23.9 Å². The molecule has 0 aliphatic heterocycles. The van der Waals surface area contributed by atoms with E-state index in [0.717, 1.165) is 22.7 Å². The summed E-state index contributed by atoms with van der Waals surface area (Å²) in [4.78, 5) is 16.6. The van der Waals surface area contributed by atoms with Gasteiger partial charge in [0.1, 0.15) is 5.82 Å². The Morgan fingerprint density at radius 1 is 1.22 bits per heavy atom. The Labute approximate surface area is 137 Å². The molecular weight excluding hydrogens is 313 g/mol. The van der Waals surface area contributed by atoms with Crippen molar-refractivity contribution < 1.29 is 9.18 Å². The summed E-state index contributed by atoms with van der Waals surface area (Å²) in [6.45, 7) is 2.85. The van der Waals surface area contributed by atoms with Gasteiger partial charge in [-0.3, -0.25) is 4.79 Å². The normalized spacial score (nSPS) is 10.9. The van der Waals surface area contributed by atoms with Crippen molar-refractivity contribution >= 4 is 34.4 Å². The minimum Gasteiger partial charge on any atom is -0.325 e. The van der Waals surface area contributed by atoms with Gasteiger partial charge < -0.3 is 9.88 Å². The summed E-state index contributed by atoms with van der Waals surface area (Å²) in [5.74, 6) is -0.217. The lowest BCUT2D eigenvalue weighted by Crippen LogP contribution is -2.14. The van der Waals surface area contributed by atoms with E-state index < -0.39 is 0 Å². The number of hydrogen-bond donors (Lipinski definition) is 1. The average molecular weight is 329 g/mol. The van der Waals surface area contributed by atoms with Gasteiger partial charge in [0.05, 0.1) is 16.8 Å². The Balaban J connectivity index is 1.68. The summed E-state index contributed by atoms with van der Waals surface area (Å²) in [6, 6.07) is 13.6. The molecule has 0 atom stereocenters. The maximum atomic E-state index is 12.9. The average Bonchev–Trinajstić information content (AvgIpc) is 2.92. The molecule has 6 heteroatoms. The second-order valence-electron chi connectivity index (χ2n) is 4.97. The third kappa shape index (κ3) is 3.53. The minimum atomic E-state index is -0.325. The standard InChI is InChI=1S/C17H16FN3OS/c1-2-21-15-6-4-3-5-14(15)20-17(21)23-11-16(22)19-13-9-7-12(18)8-10-13/h3-10H,2,11H2,1H3,(H,19,22). The molecule has 0 aliphatic carbocycles. The number of amides is 1. The van der Waals surface area contributed by atoms with Crippen molar-refractivity contribution in [3.63, 3.8) is 0 Å². The molecule has 3 rings (SSSR count). The highest BCUT2D eigenvalue weighted by Gasteiger charge is 2.11. The number of imidazole rings is 1. The van der Waals surface area contributed by atoms with Crippen molar-refractivity contribution in [2.75, 3.05) is 11.1 Å². The van der Waals surface area contributed by atoms with Gasteiger partial charge >= 0.3 is 0 Å². The van der Waals surface area contributed by atoms with E-state index in [1.807, 2.05) is 24.3 Å². The molecule has 3 aromatic rings. The van der Waals surface area contributed by atoms with Gasteiger partial charge in [-0.05, 0) is 43.3 Å². The second-order valence-corrected chi connectivity index (χ2v) is 5.91. The van der Waals surface area contributed by atoms with Gasteiger partial charge in [-0.25, -0.2) is 9.37 Å². The zero-order valence-corrected chi connectivity index (χ0v) is 13.4. The van der Waals surface area contributed by atoms with Crippen LogP contribution in [-0.2, 0) is 11.3 Å². The van der Waals surface area contributed by atoms with Crippen LogP contribution in [0.25, 0.3) is 11.0 Å². The molecule has 23 heavy (non-hydrogen) atoms. The van der Waals surface area contributed by atoms with Gasteiger partial charge in [0, 0.05) is 12.2 Å². The van der Waals surface area contributed by atoms with Gasteiger partial charge in [0.15, 0.2) is 5.16 Å². The number of hydrogen-bond acceptors (Lipinski definition) is 3. The first-order valence-electron chi connectivity index (χ1n) is 7.31. The van der Waals surface area contributed by atoms with Crippen LogP contribution in [0.3, 0.4) is 0 Å². The van der Waals surface area contributed by atoms with Gasteiger partial charge in [0.2, 0.25) is 5.91 Å². The Kier molecular flexibility index (Phi) is 4.62. The van der Waals surface area contributed by atoms with Gasteiger partial charge in [-0.15, -0.1) is 0 Å². The van der Waals surface area contributed by atoms with Crippen LogP contribution in [0, 0.1) is 5.82 Å². The van der Waals surface area contributed by atoms with Crippen LogP contribution in [0.1, 0.15) is 6.92 Å². The maximum Gasteiger partial charge on any atom is 0.234 e. The molecule has 0 aliphatic rings. The summed E-state index contributed by atoms with van der Waals surface area (Å²) < 4.78 is 14.9. The maximum absolute atomic E-state index is 12.9. The van der Waals surface area contributed by atoms with Crippen molar-refractivity contribution in [1.82, 2.24) is 9.55 Å². The van der Waals surface area contributed by atoms with E-state index in [9.17, 15) is 9.18 Å². The number of nitrogens with one attached hydrogen (secondary N) is 1. The minimum absolute atomic E-state index is 0.142. The fourth-order valence-electron chi connectivity index (χ4n) is 2.33. The lowest BCUT2D eigenvalue weighted by Gasteiger charge is -2.06. The summed E-state index contributed by atoms with van der Waals surface area (Å²) in [6.07, 6.45) is 0. The SMILES string of the molecule is CCn1c(SCC(=O)Nc2ccc(F)cc2)nc2ccccc21. The highest BCUT2D eigenvalue weighted by Crippen LogP contribution is 2.24. The van der Waals surface area contributed by atoms with Crippen LogP contribution in [0.5, 0.6) is 0 Å². The molecule has 0 spiro atoms. The highest BCUT2D eigenvalue weighted by molar-refractivity contribution is 7.99. The van der Waals surface area contributed by atoms with E-state index in [2.05, 4.69) is 21.8 Å². The number of nitrogens with zero attached hydrogens (tertiary/aromatic N) is 2. The fourth-order valence-corrected chi connectivity index (χ4v) is 3.21. The Morgan fingerprint density at radius 3 is 2.70 bits per heavy atom. The summed E-state index contributed by atoms with van der Waals surface area (Å²) >= 11 is 1.39. The number of carbonyl (C=O) groups excluding carboxylic acids is 1. The molecule has 1 amide bonds. The molecule has 1 aromatic heterocycles. The zero-order valence-electron chi connectivity index (χ0n) is 12.6. The first-order chi connectivity index (χ1) is 11.2. The first kappa shape index (κ1) is 15.6. The number of halogens is 1. The van der Waals surface area contributed by atoms with Gasteiger partial charge in [-0.2, -0.15) is 0 Å². The largest absolute Gasteiger partial charge is 0.325 e. The van der Waals surface area contributed by atoms with E-state index in [1.54, 1.807) is 12.1 Å². The van der Waals surface area contributed by atoms with Crippen molar-refractivity contribution in [3.05, 3.63) is 54.3 Å². The van der Waals surface area contributed by atoms with Crippen LogP contribution in [0.2, 0.25) is 0 Å². The third-order valence-corrected chi connectivity index (χ3v) is 4.37. The van der Waals surface area contributed by atoms with Gasteiger partial charge in [-0.1, -0.05) is 23.9 Å². The van der Waals surface area contributed by atoms with Crippen LogP contribution in [-0.4, -0.2) is 21.2 Å². The first-order valence-corrected chi connectivity index (χ1v) is 8.29. The van der Waals surface area contributed by atoms with E-state index in [4.69, 9.17) is 0 Å². The summed E-state index contributed by atoms with van der Waals surface area (Å²) in [5.41, 5.74) is 2.58. The summed E-state index contributed by atoms with van der Waals surface area (Å²) in [7, 11) is 0. The van der Waals surface area contributed by atoms with E-state index >= 15 is 0 Å². The Hall–Kier alpha value is -2.34. The van der Waals surface area contributed by atoms with Crippen LogP contribution in [0.15, 0.2) is 53.7 Å². The smallest absolute Gasteiger partial charge is 0.234 e. The predicted octanol–water partition coefficient (Wildman–Crippen LogP) is 3.93. The zero-order chi connectivity index (χ0) is 16.2. The van der Waals surface area contributed by atoms with Crippen LogP contribution < -0.4 is 5.32 Å². The Morgan fingerprint density at radius 2 is 1.96 bits per heavy atom. The third-order valence-electron chi connectivity index (χ3n) is 3.40. The number of aromatic nitrogens is 2. The monoisotopic (exact) mass is 329 g/mol. The number of benzene rings is 2. The number of anilines is 1. The molecule has 0 bridgehead atoms. The molecule has 0 unspecified atom stereocenters. The molecule has 0 saturated heterocycles. The molecule has 0 saturated carbocycles. The number of aryl methyl sites for hydroxylation is 1. The molecule has 4 nitrogen and oxygen atoms in total. The quantitative estimate of drug-likeness (QED) is 0.722. The van der Waals surface area contributed by atoms with Crippen molar-refractivity contribution in [3.8, 4) is 0 Å². The molecule has 0 radical (unpaired) electrons. The fraction of sp³-hybridized carbons (Fsp3) is 0.176. The van der Waals surface area contributed by atoms with Crippen molar-refractivity contribution in [2.24, 2.45) is 0 Å².